The Bertz CT molecular complexity index is 649. The second-order valence-corrected chi connectivity index (χ2v) is 6.83. The number of hydrogen-bond acceptors (Lipinski definition) is 3. The first-order chi connectivity index (χ1) is 10.3. The fourth-order valence-corrected chi connectivity index (χ4v) is 3.75. The molecule has 0 spiro atoms. The van der Waals surface area contributed by atoms with Crippen molar-refractivity contribution in [2.45, 2.75) is 31.3 Å². The molecular weight excluding hydrogens is 280 g/mol. The van der Waals surface area contributed by atoms with Crippen molar-refractivity contribution in [1.82, 2.24) is 4.90 Å². The summed E-state index contributed by atoms with van der Waals surface area (Å²) in [4.78, 5) is 16.4. The van der Waals surface area contributed by atoms with Gasteiger partial charge in [0.25, 0.3) is 0 Å². The SMILES string of the molecule is O=C(C1CNc2ccccc21)N(Cc1cccs1)C1CC1. The van der Waals surface area contributed by atoms with E-state index in [-0.39, 0.29) is 11.8 Å². The fourth-order valence-electron chi connectivity index (χ4n) is 3.05. The minimum atomic E-state index is -0.0261. The largest absolute Gasteiger partial charge is 0.384 e. The molecule has 2 heterocycles. The molecule has 1 aromatic carbocycles. The number of rotatable bonds is 4. The first kappa shape index (κ1) is 12.9. The third kappa shape index (κ3) is 2.44. The third-order valence-corrected chi connectivity index (χ3v) is 5.17. The molecule has 2 aromatic rings. The van der Waals surface area contributed by atoms with Crippen LogP contribution in [0.25, 0.3) is 0 Å². The molecule has 2 aliphatic rings. The highest BCUT2D eigenvalue weighted by Crippen LogP contribution is 2.36. The number of nitrogens with zero attached hydrogens (tertiary/aromatic N) is 1. The third-order valence-electron chi connectivity index (χ3n) is 4.31. The molecule has 1 fully saturated rings. The molecule has 108 valence electrons. The van der Waals surface area contributed by atoms with Crippen LogP contribution in [-0.2, 0) is 11.3 Å². The van der Waals surface area contributed by atoms with E-state index in [4.69, 9.17) is 0 Å². The zero-order chi connectivity index (χ0) is 14.2. The second-order valence-electron chi connectivity index (χ2n) is 5.80. The van der Waals surface area contributed by atoms with Gasteiger partial charge in [0.05, 0.1) is 12.5 Å². The molecule has 1 unspecified atom stereocenters. The van der Waals surface area contributed by atoms with E-state index in [2.05, 4.69) is 39.9 Å². The van der Waals surface area contributed by atoms with Crippen molar-refractivity contribution in [2.24, 2.45) is 0 Å². The van der Waals surface area contributed by atoms with Gasteiger partial charge >= 0.3 is 0 Å². The van der Waals surface area contributed by atoms with E-state index < -0.39 is 0 Å². The number of nitrogens with one attached hydrogen (secondary N) is 1. The molecule has 1 aromatic heterocycles. The molecule has 1 amide bonds. The number of carbonyl (C=O) groups excluding carboxylic acids is 1. The van der Waals surface area contributed by atoms with Crippen LogP contribution in [0.15, 0.2) is 41.8 Å². The highest BCUT2D eigenvalue weighted by atomic mass is 32.1. The molecule has 3 nitrogen and oxygen atoms in total. The average molecular weight is 298 g/mol. The van der Waals surface area contributed by atoms with Crippen molar-refractivity contribution < 1.29 is 4.79 Å². The van der Waals surface area contributed by atoms with Gasteiger partial charge < -0.3 is 10.2 Å². The molecule has 0 radical (unpaired) electrons. The highest BCUT2D eigenvalue weighted by molar-refractivity contribution is 7.09. The summed E-state index contributed by atoms with van der Waals surface area (Å²) < 4.78 is 0. The Balaban J connectivity index is 1.57. The molecule has 1 N–H and O–H groups in total. The summed E-state index contributed by atoms with van der Waals surface area (Å²) in [6.45, 7) is 1.49. The lowest BCUT2D eigenvalue weighted by Crippen LogP contribution is -2.36. The maximum atomic E-state index is 13.0. The molecule has 1 aliphatic heterocycles. The van der Waals surface area contributed by atoms with Gasteiger partial charge in [0.2, 0.25) is 5.91 Å². The lowest BCUT2D eigenvalue weighted by Gasteiger charge is -2.25. The van der Waals surface area contributed by atoms with Crippen molar-refractivity contribution in [3.05, 3.63) is 52.2 Å². The fraction of sp³-hybridized carbons (Fsp3) is 0.353. The molecule has 1 aliphatic carbocycles. The predicted molar refractivity (Wildman–Crippen MR) is 85.6 cm³/mol. The standard InChI is InChI=1S/C17H18N2OS/c20-17(15-10-18-16-6-2-1-5-14(15)16)19(12-7-8-12)11-13-4-3-9-21-13/h1-6,9,12,15,18H,7-8,10-11H2. The molecule has 4 rings (SSSR count). The monoisotopic (exact) mass is 298 g/mol. The summed E-state index contributed by atoms with van der Waals surface area (Å²) >= 11 is 1.73. The van der Waals surface area contributed by atoms with E-state index in [1.165, 1.54) is 4.88 Å². The summed E-state index contributed by atoms with van der Waals surface area (Å²) in [6, 6.07) is 12.8. The van der Waals surface area contributed by atoms with Gasteiger partial charge in [-0.2, -0.15) is 0 Å². The van der Waals surface area contributed by atoms with Crippen molar-refractivity contribution in [3.63, 3.8) is 0 Å². The Kier molecular flexibility index (Phi) is 3.19. The van der Waals surface area contributed by atoms with Gasteiger partial charge in [-0.25, -0.2) is 0 Å². The van der Waals surface area contributed by atoms with Crippen LogP contribution in [-0.4, -0.2) is 23.4 Å². The minimum absolute atomic E-state index is 0.0261. The van der Waals surface area contributed by atoms with Crippen LogP contribution < -0.4 is 5.32 Å². The van der Waals surface area contributed by atoms with Gasteiger partial charge in [-0.3, -0.25) is 4.79 Å². The molecule has 1 saturated carbocycles. The summed E-state index contributed by atoms with van der Waals surface area (Å²) in [7, 11) is 0. The smallest absolute Gasteiger partial charge is 0.232 e. The maximum absolute atomic E-state index is 13.0. The zero-order valence-electron chi connectivity index (χ0n) is 11.8. The van der Waals surface area contributed by atoms with Gasteiger partial charge in [-0.1, -0.05) is 24.3 Å². The van der Waals surface area contributed by atoms with E-state index >= 15 is 0 Å². The minimum Gasteiger partial charge on any atom is -0.384 e. The number of benzene rings is 1. The number of hydrogen-bond donors (Lipinski definition) is 1. The van der Waals surface area contributed by atoms with Crippen LogP contribution in [0.4, 0.5) is 5.69 Å². The molecule has 0 bridgehead atoms. The van der Waals surface area contributed by atoms with Crippen LogP contribution >= 0.6 is 11.3 Å². The lowest BCUT2D eigenvalue weighted by molar-refractivity contribution is -0.133. The number of anilines is 1. The zero-order valence-corrected chi connectivity index (χ0v) is 12.6. The number of amides is 1. The number of fused-ring (bicyclic) bond motifs is 1. The Hall–Kier alpha value is -1.81. The van der Waals surface area contributed by atoms with E-state index in [1.807, 2.05) is 12.1 Å². The second kappa shape index (κ2) is 5.19. The first-order valence-corrected chi connectivity index (χ1v) is 8.36. The van der Waals surface area contributed by atoms with Gasteiger partial charge in [0.15, 0.2) is 0 Å². The lowest BCUT2D eigenvalue weighted by atomic mass is 9.99. The van der Waals surface area contributed by atoms with Gasteiger partial charge in [-0.15, -0.1) is 11.3 Å². The summed E-state index contributed by atoms with van der Waals surface area (Å²) in [5.41, 5.74) is 2.27. The summed E-state index contributed by atoms with van der Waals surface area (Å²) in [6.07, 6.45) is 2.30. The van der Waals surface area contributed by atoms with Gasteiger partial charge in [-0.05, 0) is 35.9 Å². The number of thiophene rings is 1. The molecular formula is C17H18N2OS. The Labute approximate surface area is 128 Å². The molecule has 0 saturated heterocycles. The normalized spacial score (nSPS) is 19.9. The van der Waals surface area contributed by atoms with E-state index in [9.17, 15) is 4.79 Å². The number of carbonyl (C=O) groups is 1. The summed E-state index contributed by atoms with van der Waals surface area (Å²) in [5, 5.41) is 5.44. The Morgan fingerprint density at radius 2 is 2.10 bits per heavy atom. The van der Waals surface area contributed by atoms with Crippen molar-refractivity contribution in [2.75, 3.05) is 11.9 Å². The maximum Gasteiger partial charge on any atom is 0.232 e. The molecule has 21 heavy (non-hydrogen) atoms. The van der Waals surface area contributed by atoms with Crippen LogP contribution in [0.5, 0.6) is 0 Å². The van der Waals surface area contributed by atoms with Crippen molar-refractivity contribution in [3.8, 4) is 0 Å². The van der Waals surface area contributed by atoms with Crippen molar-refractivity contribution >= 4 is 22.9 Å². The Morgan fingerprint density at radius 1 is 1.24 bits per heavy atom. The van der Waals surface area contributed by atoms with Crippen LogP contribution in [0.1, 0.15) is 29.2 Å². The highest BCUT2D eigenvalue weighted by Gasteiger charge is 2.38. The van der Waals surface area contributed by atoms with Gasteiger partial charge in [0, 0.05) is 23.2 Å². The average Bonchev–Trinajstić information content (AvgIpc) is 3.05. The van der Waals surface area contributed by atoms with E-state index in [0.717, 1.165) is 37.2 Å². The first-order valence-electron chi connectivity index (χ1n) is 7.48. The van der Waals surface area contributed by atoms with Crippen LogP contribution in [0, 0.1) is 0 Å². The topological polar surface area (TPSA) is 32.3 Å². The van der Waals surface area contributed by atoms with E-state index in [1.54, 1.807) is 11.3 Å². The van der Waals surface area contributed by atoms with Gasteiger partial charge in [0.1, 0.15) is 0 Å². The summed E-state index contributed by atoms with van der Waals surface area (Å²) in [5.74, 6) is 0.255. The predicted octanol–water partition coefficient (Wildman–Crippen LogP) is 3.45. The number of para-hydroxylation sites is 1. The Morgan fingerprint density at radius 3 is 2.86 bits per heavy atom. The van der Waals surface area contributed by atoms with E-state index in [0.29, 0.717) is 6.04 Å². The van der Waals surface area contributed by atoms with Crippen molar-refractivity contribution in [1.29, 1.82) is 0 Å². The molecule has 4 heteroatoms. The van der Waals surface area contributed by atoms with Crippen LogP contribution in [0.2, 0.25) is 0 Å². The molecule has 1 atom stereocenters. The quantitative estimate of drug-likeness (QED) is 0.937. The van der Waals surface area contributed by atoms with Crippen LogP contribution in [0.3, 0.4) is 0 Å².